The first kappa shape index (κ1) is 53.7. The summed E-state index contributed by atoms with van der Waals surface area (Å²) in [7, 11) is 0. The van der Waals surface area contributed by atoms with Crippen LogP contribution in [0.5, 0.6) is 0 Å². The average Bonchev–Trinajstić information content (AvgIpc) is 4.10. The quantitative estimate of drug-likeness (QED) is 0.0475. The Morgan fingerprint density at radius 3 is 2.03 bits per heavy atom. The first-order chi connectivity index (χ1) is 34.4. The third-order valence-electron chi connectivity index (χ3n) is 13.2. The number of nitrogens with one attached hydrogen (secondary N) is 2. The summed E-state index contributed by atoms with van der Waals surface area (Å²) < 4.78 is 37.9. The van der Waals surface area contributed by atoms with E-state index in [-0.39, 0.29) is 50.7 Å². The highest BCUT2D eigenvalue weighted by Crippen LogP contribution is 2.35. The summed E-state index contributed by atoms with van der Waals surface area (Å²) in [6, 6.07) is 9.88. The molecule has 1 saturated carbocycles. The average molecular weight is 1030 g/mol. The Bertz CT molecular complexity index is 2440. The lowest BCUT2D eigenvalue weighted by molar-refractivity contribution is -0.306. The number of aromatic nitrogens is 4. The number of hydrogen-bond donors (Lipinski definition) is 14. The van der Waals surface area contributed by atoms with E-state index in [0.717, 1.165) is 11.1 Å². The molecule has 4 aliphatic rings. The van der Waals surface area contributed by atoms with Crippen LogP contribution >= 0.6 is 11.3 Å². The highest BCUT2D eigenvalue weighted by Gasteiger charge is 2.54. The Morgan fingerprint density at radius 1 is 0.750 bits per heavy atom. The van der Waals surface area contributed by atoms with Crippen LogP contribution in [0.25, 0.3) is 11.3 Å². The normalized spacial score (nSPS) is 36.0. The molecule has 4 unspecified atom stereocenters. The molecule has 3 saturated heterocycles. The number of nitrogens with two attached hydrogens (primary N) is 6. The molecule has 2 aromatic carbocycles. The molecular formula is C45H64N12O14S. The zero-order valence-electron chi connectivity index (χ0n) is 39.1. The van der Waals surface area contributed by atoms with Gasteiger partial charge in [0, 0.05) is 66.4 Å². The number of nitrogens with zero attached hydrogens (tertiary/aromatic N) is 4. The maximum absolute atomic E-state index is 13.2. The van der Waals surface area contributed by atoms with Gasteiger partial charge in [-0.1, -0.05) is 35.0 Å². The number of hydrogen-bond acceptors (Lipinski definition) is 24. The summed E-state index contributed by atoms with van der Waals surface area (Å²) in [6.45, 7) is 1.39. The third-order valence-corrected chi connectivity index (χ3v) is 14.0. The van der Waals surface area contributed by atoms with Gasteiger partial charge < -0.3 is 98.8 Å². The summed E-state index contributed by atoms with van der Waals surface area (Å²) in [5.41, 5.74) is 40.6. The topological polar surface area (TPSA) is 435 Å². The lowest BCUT2D eigenvalue weighted by atomic mass is 9.84. The molecule has 4 fully saturated rings. The molecule has 1 aliphatic carbocycles. The van der Waals surface area contributed by atoms with Crippen LogP contribution in [0, 0.1) is 6.92 Å². The summed E-state index contributed by atoms with van der Waals surface area (Å²) in [5.74, 6) is -0.593. The fourth-order valence-corrected chi connectivity index (χ4v) is 9.74. The van der Waals surface area contributed by atoms with Gasteiger partial charge in [-0.05, 0) is 37.6 Å². The zero-order valence-corrected chi connectivity index (χ0v) is 39.9. The van der Waals surface area contributed by atoms with E-state index in [4.69, 9.17) is 62.8 Å². The van der Waals surface area contributed by atoms with E-state index < -0.39 is 116 Å². The lowest BCUT2D eigenvalue weighted by Gasteiger charge is -2.47. The van der Waals surface area contributed by atoms with Crippen LogP contribution in [-0.4, -0.2) is 192 Å². The number of aliphatic hydroxyl groups is 6. The van der Waals surface area contributed by atoms with Gasteiger partial charge in [0.2, 0.25) is 5.91 Å². The fourth-order valence-electron chi connectivity index (χ4n) is 9.03. The van der Waals surface area contributed by atoms with Crippen molar-refractivity contribution in [3.05, 3.63) is 76.9 Å². The predicted octanol–water partition coefficient (Wildman–Crippen LogP) is -4.34. The van der Waals surface area contributed by atoms with Crippen molar-refractivity contribution >= 4 is 34.0 Å². The second kappa shape index (κ2) is 23.3. The van der Waals surface area contributed by atoms with E-state index in [0.29, 0.717) is 27.8 Å². The summed E-state index contributed by atoms with van der Waals surface area (Å²) in [5, 5.41) is 82.0. The number of carbonyl (C=O) groups excluding carboxylic acids is 2. The van der Waals surface area contributed by atoms with E-state index in [9.17, 15) is 40.2 Å². The van der Waals surface area contributed by atoms with Gasteiger partial charge in [0.25, 0.3) is 5.91 Å². The number of benzene rings is 2. The third kappa shape index (κ3) is 12.0. The van der Waals surface area contributed by atoms with Crippen LogP contribution in [0.3, 0.4) is 0 Å². The van der Waals surface area contributed by atoms with Gasteiger partial charge in [-0.3, -0.25) is 14.9 Å². The van der Waals surface area contributed by atoms with Crippen molar-refractivity contribution in [3.63, 3.8) is 0 Å². The number of anilines is 2. The van der Waals surface area contributed by atoms with Gasteiger partial charge >= 0.3 is 0 Å². The van der Waals surface area contributed by atoms with E-state index >= 15 is 0 Å². The smallest absolute Gasteiger partial charge is 0.257 e. The van der Waals surface area contributed by atoms with Crippen molar-refractivity contribution in [2.75, 3.05) is 23.7 Å². The second-order valence-electron chi connectivity index (χ2n) is 18.5. The molecule has 2 aromatic heterocycles. The van der Waals surface area contributed by atoms with Crippen LogP contribution in [-0.2, 0) is 46.2 Å². The minimum Gasteiger partial charge on any atom is -0.389 e. The molecule has 4 aromatic rings. The van der Waals surface area contributed by atoms with Crippen molar-refractivity contribution in [2.45, 2.75) is 149 Å². The first-order valence-corrected chi connectivity index (χ1v) is 24.4. The number of aliphatic hydroxyl groups excluding tert-OH is 6. The van der Waals surface area contributed by atoms with Crippen molar-refractivity contribution in [1.29, 1.82) is 0 Å². The molecule has 8 rings (SSSR count). The van der Waals surface area contributed by atoms with Crippen molar-refractivity contribution in [2.24, 2.45) is 34.4 Å². The van der Waals surface area contributed by atoms with E-state index in [2.05, 4.69) is 25.9 Å². The molecule has 20 N–H and O–H groups in total. The van der Waals surface area contributed by atoms with Crippen LogP contribution in [0.2, 0.25) is 0 Å². The number of amides is 2. The van der Waals surface area contributed by atoms with Crippen molar-refractivity contribution in [3.8, 4) is 11.3 Å². The van der Waals surface area contributed by atoms with E-state index in [1.54, 1.807) is 41.9 Å². The van der Waals surface area contributed by atoms with Gasteiger partial charge in [0.1, 0.15) is 67.1 Å². The summed E-state index contributed by atoms with van der Waals surface area (Å²) >= 11 is 1.27. The van der Waals surface area contributed by atoms with Gasteiger partial charge in [-0.25, -0.2) is 9.67 Å². The van der Waals surface area contributed by atoms with Crippen molar-refractivity contribution < 1.29 is 68.6 Å². The lowest BCUT2D eigenvalue weighted by Crippen LogP contribution is -2.68. The minimum absolute atomic E-state index is 0.0168. The summed E-state index contributed by atoms with van der Waals surface area (Å²) in [6.07, 6.45) is -18.9. The molecule has 19 atom stereocenters. The largest absolute Gasteiger partial charge is 0.389 e. The van der Waals surface area contributed by atoms with Gasteiger partial charge in [0.15, 0.2) is 24.0 Å². The first-order valence-electron chi connectivity index (χ1n) is 23.5. The monoisotopic (exact) mass is 1030 g/mol. The van der Waals surface area contributed by atoms with E-state index in [1.165, 1.54) is 16.0 Å². The second-order valence-corrected chi connectivity index (χ2v) is 19.3. The SMILES string of the molecule is Cc1ccc(C(=O)Nc2nc(-c3cccc(NC(=O)CCc4cn(CC5OC(O[C@@H]6[C@@H](O)[C@H](N)C[C@H](N)[C@H]6O[C@H]6O[C@H](CN)[C@@H](O)[C@H](O)[C@H]6N)C(O)C5O[C@H]5O[C@H](CN)[C@@H](O)[C@H](O)[C@H]5N)nn4)c3)cs2)cc1. The summed E-state index contributed by atoms with van der Waals surface area (Å²) in [4.78, 5) is 30.5. The molecule has 72 heavy (non-hydrogen) atoms. The number of thiazole rings is 1. The van der Waals surface area contributed by atoms with Crippen LogP contribution in [0.15, 0.2) is 60.1 Å². The number of carbonyl (C=O) groups is 2. The van der Waals surface area contributed by atoms with Gasteiger partial charge in [-0.2, -0.15) is 0 Å². The number of aryl methyl sites for hydroxylation is 2. The Labute approximate surface area is 416 Å². The highest BCUT2D eigenvalue weighted by molar-refractivity contribution is 7.14. The molecule has 5 heterocycles. The molecule has 2 amide bonds. The van der Waals surface area contributed by atoms with Gasteiger partial charge in [0.05, 0.1) is 36.1 Å². The molecule has 26 nitrogen and oxygen atoms in total. The number of rotatable bonds is 17. The molecule has 3 aliphatic heterocycles. The maximum Gasteiger partial charge on any atom is 0.257 e. The maximum atomic E-state index is 13.2. The molecule has 0 radical (unpaired) electrons. The Balaban J connectivity index is 0.927. The molecule has 0 bridgehead atoms. The van der Waals surface area contributed by atoms with Crippen LogP contribution < -0.4 is 45.0 Å². The van der Waals surface area contributed by atoms with E-state index in [1.807, 2.05) is 25.1 Å². The van der Waals surface area contributed by atoms with Crippen molar-refractivity contribution in [1.82, 2.24) is 20.0 Å². The van der Waals surface area contributed by atoms with Crippen LogP contribution in [0.1, 0.15) is 34.5 Å². The Hall–Kier alpha value is -4.57. The molecule has 27 heteroatoms. The minimum atomic E-state index is -1.67. The highest BCUT2D eigenvalue weighted by atomic mass is 32.1. The Morgan fingerprint density at radius 2 is 1.38 bits per heavy atom. The Kier molecular flexibility index (Phi) is 17.4. The molecule has 0 spiro atoms. The zero-order chi connectivity index (χ0) is 51.5. The fraction of sp³-hybridized carbons (Fsp3) is 0.578. The standard InChI is InChI=1S/C45H64N12O14S/c1-18-5-7-19(8-6-18)41(65)54-45-53-25(17-72-45)20-3-2-4-21(11-20)52-29(58)10-9-22-15-57(56-55-22)16-28-39(70-43-31(51)36(63)34(61)27(14-47)67-43)37(64)44(68-28)71-40-32(59)23(48)12-24(49)38(40)69-42-30(50)35(62)33(60)26(13-46)66-42/h2-8,11,15,17,23-24,26-28,30-40,42-44,59-64H,9-10,12-14,16,46-51H2,1H3,(H,52,58)(H,53,54,65)/t23-,24+,26-,27-,28?,30-,31-,32+,33-,34-,35-,36-,37?,38-,39?,40-,42-,43-,44?/m1/s1. The van der Waals surface area contributed by atoms with Gasteiger partial charge in [-0.15, -0.1) is 16.4 Å². The number of ether oxygens (including phenoxy) is 6. The van der Waals surface area contributed by atoms with Crippen LogP contribution in [0.4, 0.5) is 10.8 Å². The predicted molar refractivity (Wildman–Crippen MR) is 255 cm³/mol. The molecular weight excluding hydrogens is 965 g/mol. The molecule has 394 valence electrons.